The van der Waals surface area contributed by atoms with E-state index in [0.29, 0.717) is 0 Å². The van der Waals surface area contributed by atoms with E-state index in [1.54, 1.807) is 24.4 Å². The van der Waals surface area contributed by atoms with Gasteiger partial charge in [0.1, 0.15) is 5.69 Å². The van der Waals surface area contributed by atoms with Crippen LogP contribution in [0.15, 0.2) is 42.6 Å². The van der Waals surface area contributed by atoms with Crippen molar-refractivity contribution in [1.82, 2.24) is 14.5 Å². The molecule has 0 fully saturated rings. The van der Waals surface area contributed by atoms with Crippen LogP contribution in [0, 0.1) is 0 Å². The number of imidazole rings is 1. The minimum Gasteiger partial charge on any atom is -0.478 e. The van der Waals surface area contributed by atoms with Crippen LogP contribution in [-0.4, -0.2) is 25.6 Å². The van der Waals surface area contributed by atoms with Crippen molar-refractivity contribution in [2.24, 2.45) is 7.05 Å². The third-order valence-corrected chi connectivity index (χ3v) is 3.02. The summed E-state index contributed by atoms with van der Waals surface area (Å²) >= 11 is 0. The number of carbonyl (C=O) groups is 1. The SMILES string of the molecule is Cn1c(-c2ccccn2)nc2ccc(C(=O)O)cc21. The summed E-state index contributed by atoms with van der Waals surface area (Å²) in [6.45, 7) is 0. The lowest BCUT2D eigenvalue weighted by Gasteiger charge is -2.01. The van der Waals surface area contributed by atoms with Gasteiger partial charge in [0.15, 0.2) is 5.82 Å². The third-order valence-electron chi connectivity index (χ3n) is 3.02. The van der Waals surface area contributed by atoms with Gasteiger partial charge in [-0.3, -0.25) is 4.98 Å². The van der Waals surface area contributed by atoms with Crippen LogP contribution in [0.1, 0.15) is 10.4 Å². The Balaban J connectivity index is 2.24. The van der Waals surface area contributed by atoms with Gasteiger partial charge in [-0.15, -0.1) is 0 Å². The molecule has 0 atom stereocenters. The van der Waals surface area contributed by atoms with Crippen LogP contribution in [0.3, 0.4) is 0 Å². The van der Waals surface area contributed by atoms with Crippen molar-refractivity contribution in [1.29, 1.82) is 0 Å². The molecular formula is C14H11N3O2. The summed E-state index contributed by atoms with van der Waals surface area (Å²) in [4.78, 5) is 19.7. The Morgan fingerprint density at radius 1 is 1.26 bits per heavy atom. The summed E-state index contributed by atoms with van der Waals surface area (Å²) in [6.07, 6.45) is 1.71. The predicted octanol–water partition coefficient (Wildman–Crippen LogP) is 2.33. The average Bonchev–Trinajstić information content (AvgIpc) is 2.77. The standard InChI is InChI=1S/C14H11N3O2/c1-17-12-8-9(14(18)19)5-6-10(12)16-13(17)11-4-2-3-7-15-11/h2-8H,1H3,(H,18,19). The number of benzene rings is 1. The van der Waals surface area contributed by atoms with Crippen molar-refractivity contribution in [3.05, 3.63) is 48.2 Å². The maximum atomic E-state index is 11.0. The molecule has 3 rings (SSSR count). The average molecular weight is 253 g/mol. The molecule has 19 heavy (non-hydrogen) atoms. The first-order valence-corrected chi connectivity index (χ1v) is 5.78. The van der Waals surface area contributed by atoms with Gasteiger partial charge in [0, 0.05) is 13.2 Å². The van der Waals surface area contributed by atoms with E-state index in [9.17, 15) is 4.79 Å². The lowest BCUT2D eigenvalue weighted by atomic mass is 10.2. The monoisotopic (exact) mass is 253 g/mol. The Morgan fingerprint density at radius 2 is 2.11 bits per heavy atom. The van der Waals surface area contributed by atoms with E-state index in [-0.39, 0.29) is 5.56 Å². The van der Waals surface area contributed by atoms with Gasteiger partial charge < -0.3 is 9.67 Å². The van der Waals surface area contributed by atoms with Crippen LogP contribution in [-0.2, 0) is 7.05 Å². The molecule has 5 heteroatoms. The molecule has 0 saturated heterocycles. The topological polar surface area (TPSA) is 68.0 Å². The number of nitrogens with zero attached hydrogens (tertiary/aromatic N) is 3. The van der Waals surface area contributed by atoms with E-state index in [1.165, 1.54) is 0 Å². The van der Waals surface area contributed by atoms with Gasteiger partial charge in [-0.05, 0) is 30.3 Å². The first-order valence-electron chi connectivity index (χ1n) is 5.78. The second-order valence-corrected chi connectivity index (χ2v) is 4.22. The van der Waals surface area contributed by atoms with E-state index in [1.807, 2.05) is 29.8 Å². The largest absolute Gasteiger partial charge is 0.478 e. The lowest BCUT2D eigenvalue weighted by molar-refractivity contribution is 0.0697. The Bertz CT molecular complexity index is 763. The Hall–Kier alpha value is -2.69. The van der Waals surface area contributed by atoms with Crippen LogP contribution in [0.4, 0.5) is 0 Å². The van der Waals surface area contributed by atoms with Gasteiger partial charge >= 0.3 is 5.97 Å². The summed E-state index contributed by atoms with van der Waals surface area (Å²) in [5.74, 6) is -0.222. The summed E-state index contributed by atoms with van der Waals surface area (Å²) in [5.41, 5.74) is 2.55. The van der Waals surface area contributed by atoms with Crippen LogP contribution >= 0.6 is 0 Å². The molecule has 0 saturated carbocycles. The normalized spacial score (nSPS) is 10.8. The van der Waals surface area contributed by atoms with Crippen molar-refractivity contribution in [2.75, 3.05) is 0 Å². The fourth-order valence-electron chi connectivity index (χ4n) is 2.05. The second kappa shape index (κ2) is 4.20. The zero-order valence-corrected chi connectivity index (χ0v) is 10.2. The molecule has 0 amide bonds. The highest BCUT2D eigenvalue weighted by atomic mass is 16.4. The lowest BCUT2D eigenvalue weighted by Crippen LogP contribution is -1.97. The molecule has 3 aromatic rings. The van der Waals surface area contributed by atoms with Crippen LogP contribution in [0.2, 0.25) is 0 Å². The maximum Gasteiger partial charge on any atom is 0.335 e. The summed E-state index contributed by atoms with van der Waals surface area (Å²) < 4.78 is 1.85. The van der Waals surface area contributed by atoms with Crippen molar-refractivity contribution in [3.8, 4) is 11.5 Å². The Morgan fingerprint density at radius 3 is 2.79 bits per heavy atom. The molecule has 2 heterocycles. The molecule has 1 aromatic carbocycles. The number of hydrogen-bond donors (Lipinski definition) is 1. The predicted molar refractivity (Wildman–Crippen MR) is 70.9 cm³/mol. The molecule has 2 aromatic heterocycles. The van der Waals surface area contributed by atoms with Gasteiger partial charge in [-0.2, -0.15) is 0 Å². The zero-order chi connectivity index (χ0) is 13.4. The molecule has 1 N–H and O–H groups in total. The van der Waals surface area contributed by atoms with Gasteiger partial charge in [0.05, 0.1) is 16.6 Å². The quantitative estimate of drug-likeness (QED) is 0.761. The summed E-state index contributed by atoms with van der Waals surface area (Å²) in [7, 11) is 1.85. The first-order chi connectivity index (χ1) is 9.16. The molecule has 0 aliphatic heterocycles. The number of hydrogen-bond acceptors (Lipinski definition) is 3. The van der Waals surface area contributed by atoms with E-state index < -0.39 is 5.97 Å². The van der Waals surface area contributed by atoms with E-state index >= 15 is 0 Å². The van der Waals surface area contributed by atoms with Gasteiger partial charge in [-0.1, -0.05) is 6.07 Å². The number of aromatic nitrogens is 3. The second-order valence-electron chi connectivity index (χ2n) is 4.22. The highest BCUT2D eigenvalue weighted by Crippen LogP contribution is 2.22. The number of aryl methyl sites for hydroxylation is 1. The van der Waals surface area contributed by atoms with Crippen molar-refractivity contribution < 1.29 is 9.90 Å². The molecule has 0 radical (unpaired) electrons. The molecule has 0 bridgehead atoms. The number of fused-ring (bicyclic) bond motifs is 1. The van der Waals surface area contributed by atoms with Crippen molar-refractivity contribution in [3.63, 3.8) is 0 Å². The number of aromatic carboxylic acids is 1. The Kier molecular flexibility index (Phi) is 2.52. The number of rotatable bonds is 2. The zero-order valence-electron chi connectivity index (χ0n) is 10.2. The smallest absolute Gasteiger partial charge is 0.335 e. The van der Waals surface area contributed by atoms with Crippen molar-refractivity contribution in [2.45, 2.75) is 0 Å². The Labute approximate surface area is 109 Å². The first kappa shape index (κ1) is 11.4. The maximum absolute atomic E-state index is 11.0. The highest BCUT2D eigenvalue weighted by molar-refractivity contribution is 5.93. The van der Waals surface area contributed by atoms with Crippen LogP contribution in [0.5, 0.6) is 0 Å². The fraction of sp³-hybridized carbons (Fsp3) is 0.0714. The molecule has 5 nitrogen and oxygen atoms in total. The molecule has 0 aliphatic carbocycles. The summed E-state index contributed by atoms with van der Waals surface area (Å²) in [5, 5.41) is 9.02. The van der Waals surface area contributed by atoms with E-state index in [2.05, 4.69) is 9.97 Å². The minimum absolute atomic E-state index is 0.253. The van der Waals surface area contributed by atoms with Crippen LogP contribution < -0.4 is 0 Å². The van der Waals surface area contributed by atoms with Crippen LogP contribution in [0.25, 0.3) is 22.6 Å². The molecule has 0 unspecified atom stereocenters. The number of pyridine rings is 1. The van der Waals surface area contributed by atoms with E-state index in [0.717, 1.165) is 22.6 Å². The third kappa shape index (κ3) is 1.85. The van der Waals surface area contributed by atoms with Gasteiger partial charge in [0.25, 0.3) is 0 Å². The number of carboxylic acids is 1. The molecule has 0 aliphatic rings. The molecular weight excluding hydrogens is 242 g/mol. The molecule has 94 valence electrons. The summed E-state index contributed by atoms with van der Waals surface area (Å²) in [6, 6.07) is 10.5. The fourth-order valence-corrected chi connectivity index (χ4v) is 2.05. The minimum atomic E-state index is -0.942. The molecule has 0 spiro atoms. The highest BCUT2D eigenvalue weighted by Gasteiger charge is 2.12. The van der Waals surface area contributed by atoms with Gasteiger partial charge in [0.2, 0.25) is 0 Å². The van der Waals surface area contributed by atoms with Crippen molar-refractivity contribution >= 4 is 17.0 Å². The van der Waals surface area contributed by atoms with E-state index in [4.69, 9.17) is 5.11 Å². The number of carboxylic acid groups (broad SMARTS) is 1. The van der Waals surface area contributed by atoms with Gasteiger partial charge in [-0.25, -0.2) is 9.78 Å².